The molecule has 0 aliphatic carbocycles. The topological polar surface area (TPSA) is 26.3 Å². The number of thiophene rings is 1. The van der Waals surface area contributed by atoms with Gasteiger partial charge in [0.2, 0.25) is 0 Å². The molecular formula is C27H20F3O2S+. The maximum Gasteiger partial charge on any atom is 0.416 e. The fraction of sp³-hybridized carbons (Fsp3) is 0.148. The van der Waals surface area contributed by atoms with Crippen LogP contribution in [0.4, 0.5) is 13.2 Å². The second-order valence-electron chi connectivity index (χ2n) is 7.77. The molecule has 33 heavy (non-hydrogen) atoms. The van der Waals surface area contributed by atoms with Crippen molar-refractivity contribution in [3.63, 3.8) is 0 Å². The van der Waals surface area contributed by atoms with Gasteiger partial charge in [-0.25, -0.2) is 4.79 Å². The molecule has 4 aromatic rings. The minimum atomic E-state index is -4.46. The first kappa shape index (κ1) is 22.6. The molecule has 0 N–H and O–H groups in total. The summed E-state index contributed by atoms with van der Waals surface area (Å²) >= 11 is 0. The van der Waals surface area contributed by atoms with Gasteiger partial charge in [0.15, 0.2) is 20.1 Å². The standard InChI is InChI=1S/C27H20F3O2S/c1-4-26(3,21-12-14-22(15-13-21)27(28,29)30)32-25(31)20-9-7-10-23(17-20)33-18(2)16-19-8-5-6-11-24(19)33/h1,5-17H,2-3H3/q+1. The largest absolute Gasteiger partial charge is 0.438 e. The van der Waals surface area contributed by atoms with Crippen LogP contribution in [0, 0.1) is 19.3 Å². The Labute approximate surface area is 192 Å². The molecule has 0 aliphatic heterocycles. The van der Waals surface area contributed by atoms with Crippen molar-refractivity contribution in [3.8, 4) is 17.2 Å². The van der Waals surface area contributed by atoms with Crippen LogP contribution >= 0.6 is 10.5 Å². The van der Waals surface area contributed by atoms with Crippen molar-refractivity contribution in [2.45, 2.75) is 25.6 Å². The van der Waals surface area contributed by atoms with Gasteiger partial charge in [-0.2, -0.15) is 13.2 Å². The average Bonchev–Trinajstić information content (AvgIpc) is 3.14. The van der Waals surface area contributed by atoms with E-state index in [0.717, 1.165) is 22.4 Å². The highest BCUT2D eigenvalue weighted by molar-refractivity contribution is 7.45. The van der Waals surface area contributed by atoms with Crippen molar-refractivity contribution >= 4 is 26.5 Å². The number of hydrogen-bond acceptors (Lipinski definition) is 2. The molecule has 0 saturated heterocycles. The Balaban J connectivity index is 1.64. The molecule has 0 saturated carbocycles. The number of carbonyl (C=O) groups excluding carboxylic acids is 1. The van der Waals surface area contributed by atoms with Gasteiger partial charge in [0.25, 0.3) is 0 Å². The predicted molar refractivity (Wildman–Crippen MR) is 126 cm³/mol. The molecule has 1 heterocycles. The lowest BCUT2D eigenvalue weighted by Gasteiger charge is -2.25. The molecule has 0 aliphatic rings. The van der Waals surface area contributed by atoms with Crippen LogP contribution in [0.25, 0.3) is 15.0 Å². The van der Waals surface area contributed by atoms with Gasteiger partial charge in [-0.15, -0.1) is 6.42 Å². The fourth-order valence-corrected chi connectivity index (χ4v) is 5.95. The normalized spacial score (nSPS) is 13.9. The molecule has 6 heteroatoms. The third-order valence-electron chi connectivity index (χ3n) is 5.46. The number of carbonyl (C=O) groups is 1. The SMILES string of the molecule is C#CC(C)(OC(=O)c1cccc(-[s+]2c(C)cc3ccccc32)c1)c1ccc(C(F)(F)F)cc1. The van der Waals surface area contributed by atoms with E-state index in [1.54, 1.807) is 18.2 Å². The van der Waals surface area contributed by atoms with E-state index in [9.17, 15) is 18.0 Å². The summed E-state index contributed by atoms with van der Waals surface area (Å²) in [5.41, 5.74) is -1.71. The number of benzene rings is 3. The van der Waals surface area contributed by atoms with Crippen molar-refractivity contribution < 1.29 is 22.7 Å². The van der Waals surface area contributed by atoms with Crippen molar-refractivity contribution in [1.82, 2.24) is 0 Å². The van der Waals surface area contributed by atoms with Gasteiger partial charge in [0.05, 0.1) is 11.1 Å². The summed E-state index contributed by atoms with van der Waals surface area (Å²) < 4.78 is 45.5. The zero-order chi connectivity index (χ0) is 23.8. The van der Waals surface area contributed by atoms with E-state index in [1.165, 1.54) is 28.6 Å². The highest BCUT2D eigenvalue weighted by Gasteiger charge is 2.33. The monoisotopic (exact) mass is 465 g/mol. The third kappa shape index (κ3) is 4.37. The lowest BCUT2D eigenvalue weighted by atomic mass is 9.95. The van der Waals surface area contributed by atoms with Gasteiger partial charge >= 0.3 is 12.1 Å². The number of fused-ring (bicyclic) bond motifs is 1. The highest BCUT2D eigenvalue weighted by Crippen LogP contribution is 2.43. The summed E-state index contributed by atoms with van der Waals surface area (Å²) in [7, 11) is -0.303. The Bertz CT molecular complexity index is 1380. The summed E-state index contributed by atoms with van der Waals surface area (Å²) in [5.74, 6) is 1.77. The highest BCUT2D eigenvalue weighted by atomic mass is 32.2. The zero-order valence-electron chi connectivity index (χ0n) is 17.9. The van der Waals surface area contributed by atoms with E-state index in [4.69, 9.17) is 11.2 Å². The summed E-state index contributed by atoms with van der Waals surface area (Å²) in [6.07, 6.45) is 1.17. The molecule has 166 valence electrons. The van der Waals surface area contributed by atoms with Crippen molar-refractivity contribution in [2.24, 2.45) is 0 Å². The minimum Gasteiger partial charge on any atom is -0.438 e. The van der Waals surface area contributed by atoms with Gasteiger partial charge < -0.3 is 4.74 Å². The van der Waals surface area contributed by atoms with Crippen molar-refractivity contribution in [3.05, 3.63) is 100 Å². The Hall–Kier alpha value is -3.56. The van der Waals surface area contributed by atoms with Crippen molar-refractivity contribution in [2.75, 3.05) is 0 Å². The number of halogens is 3. The minimum absolute atomic E-state index is 0.285. The molecule has 0 bridgehead atoms. The lowest BCUT2D eigenvalue weighted by Crippen LogP contribution is -2.27. The molecule has 3 aromatic carbocycles. The van der Waals surface area contributed by atoms with E-state index in [2.05, 4.69) is 31.0 Å². The van der Waals surface area contributed by atoms with E-state index in [-0.39, 0.29) is 16.0 Å². The predicted octanol–water partition coefficient (Wildman–Crippen LogP) is 7.61. The van der Waals surface area contributed by atoms with Crippen LogP contribution < -0.4 is 0 Å². The molecule has 0 spiro atoms. The van der Waals surface area contributed by atoms with Crippen LogP contribution in [0.15, 0.2) is 78.9 Å². The molecule has 1 aromatic heterocycles. The maximum atomic E-state index is 13.0. The molecular weight excluding hydrogens is 445 g/mol. The number of alkyl halides is 3. The van der Waals surface area contributed by atoms with Crippen LogP contribution in [0.3, 0.4) is 0 Å². The van der Waals surface area contributed by atoms with Crippen LogP contribution in [0.5, 0.6) is 0 Å². The van der Waals surface area contributed by atoms with Crippen LogP contribution in [0.2, 0.25) is 0 Å². The van der Waals surface area contributed by atoms with Gasteiger partial charge in [0.1, 0.15) is 0 Å². The smallest absolute Gasteiger partial charge is 0.416 e. The van der Waals surface area contributed by atoms with Gasteiger partial charge in [-0.05, 0) is 43.3 Å². The second kappa shape index (κ2) is 8.42. The van der Waals surface area contributed by atoms with E-state index in [0.29, 0.717) is 5.56 Å². The number of aryl methyl sites for hydroxylation is 1. The fourth-order valence-electron chi connectivity index (χ4n) is 3.69. The van der Waals surface area contributed by atoms with Gasteiger partial charge in [0, 0.05) is 40.5 Å². The van der Waals surface area contributed by atoms with Crippen LogP contribution in [-0.2, 0) is 16.5 Å². The summed E-state index contributed by atoms with van der Waals surface area (Å²) in [4.78, 5) is 15.2. The summed E-state index contributed by atoms with van der Waals surface area (Å²) in [6.45, 7) is 3.55. The van der Waals surface area contributed by atoms with E-state index >= 15 is 0 Å². The number of hydrogen-bond donors (Lipinski definition) is 0. The Morgan fingerprint density at radius 2 is 1.61 bits per heavy atom. The molecule has 0 amide bonds. The first-order valence-electron chi connectivity index (χ1n) is 10.1. The number of ether oxygens (including phenoxy) is 1. The summed E-state index contributed by atoms with van der Waals surface area (Å²) in [6, 6.07) is 21.8. The van der Waals surface area contributed by atoms with E-state index < -0.39 is 23.3 Å². The third-order valence-corrected chi connectivity index (χ3v) is 7.76. The molecule has 2 nitrogen and oxygen atoms in total. The second-order valence-corrected chi connectivity index (χ2v) is 9.94. The van der Waals surface area contributed by atoms with Crippen LogP contribution in [0.1, 0.15) is 33.3 Å². The molecule has 2 atom stereocenters. The maximum absolute atomic E-state index is 13.0. The van der Waals surface area contributed by atoms with Gasteiger partial charge in [-0.1, -0.05) is 36.3 Å². The van der Waals surface area contributed by atoms with Gasteiger partial charge in [-0.3, -0.25) is 0 Å². The molecule has 0 fully saturated rings. The molecule has 0 radical (unpaired) electrons. The lowest BCUT2D eigenvalue weighted by molar-refractivity contribution is -0.137. The Kier molecular flexibility index (Phi) is 5.77. The number of esters is 1. The molecule has 4 rings (SSSR count). The Morgan fingerprint density at radius 1 is 0.939 bits per heavy atom. The zero-order valence-corrected chi connectivity index (χ0v) is 18.8. The first-order valence-corrected chi connectivity index (χ1v) is 11.4. The number of rotatable bonds is 4. The quantitative estimate of drug-likeness (QED) is 0.176. The van der Waals surface area contributed by atoms with Crippen molar-refractivity contribution in [1.29, 1.82) is 0 Å². The summed E-state index contributed by atoms with van der Waals surface area (Å²) in [5, 5.41) is 1.16. The first-order chi connectivity index (χ1) is 15.6. The van der Waals surface area contributed by atoms with Crippen LogP contribution in [-0.4, -0.2) is 5.97 Å². The molecule has 2 unspecified atom stereocenters. The number of terminal acetylenes is 1. The van der Waals surface area contributed by atoms with E-state index in [1.807, 2.05) is 18.2 Å². The average molecular weight is 466 g/mol. The Morgan fingerprint density at radius 3 is 2.27 bits per heavy atom.